The van der Waals surface area contributed by atoms with E-state index >= 15 is 0 Å². The molecule has 0 spiro atoms. The lowest BCUT2D eigenvalue weighted by Crippen LogP contribution is -2.48. The summed E-state index contributed by atoms with van der Waals surface area (Å²) in [6, 6.07) is 2.84. The van der Waals surface area contributed by atoms with Crippen LogP contribution in [0.2, 0.25) is 0 Å². The molecule has 0 aromatic rings. The molecule has 1 aliphatic carbocycles. The minimum absolute atomic E-state index is 0.462. The van der Waals surface area contributed by atoms with Crippen molar-refractivity contribution in [2.24, 2.45) is 5.73 Å². The molecule has 3 aliphatic rings. The monoisotopic (exact) mass is 223 g/mol. The van der Waals surface area contributed by atoms with Gasteiger partial charge in [0.25, 0.3) is 0 Å². The van der Waals surface area contributed by atoms with Crippen LogP contribution in [0, 0.1) is 0 Å². The van der Waals surface area contributed by atoms with Crippen molar-refractivity contribution in [3.63, 3.8) is 0 Å². The molecule has 0 bridgehead atoms. The molecular formula is C13H25N3. The Hall–Kier alpha value is -0.120. The van der Waals surface area contributed by atoms with Gasteiger partial charge < -0.3 is 16.0 Å². The zero-order chi connectivity index (χ0) is 11.0. The Bertz CT molecular complexity index is 243. The van der Waals surface area contributed by atoms with Gasteiger partial charge in [0, 0.05) is 24.2 Å². The van der Waals surface area contributed by atoms with Crippen LogP contribution >= 0.6 is 0 Å². The van der Waals surface area contributed by atoms with Crippen molar-refractivity contribution in [3.05, 3.63) is 0 Å². The van der Waals surface area contributed by atoms with Crippen molar-refractivity contribution < 1.29 is 0 Å². The topological polar surface area (TPSA) is 41.3 Å². The number of nitrogens with one attached hydrogen (secondary N) is 1. The van der Waals surface area contributed by atoms with Gasteiger partial charge in [0.15, 0.2) is 0 Å². The van der Waals surface area contributed by atoms with E-state index in [9.17, 15) is 0 Å². The first-order chi connectivity index (χ1) is 7.81. The average molecular weight is 223 g/mol. The van der Waals surface area contributed by atoms with Gasteiger partial charge >= 0.3 is 0 Å². The summed E-state index contributed by atoms with van der Waals surface area (Å²) in [5, 5.41) is 3.85. The Morgan fingerprint density at radius 2 is 1.81 bits per heavy atom. The lowest BCUT2D eigenvalue weighted by atomic mass is 9.96. The fourth-order valence-corrected chi connectivity index (χ4v) is 3.88. The Morgan fingerprint density at radius 3 is 2.62 bits per heavy atom. The standard InChI is InChI=1S/C13H25N3/c14-10-3-4-11(8-10)15-12-5-7-16-6-1-2-13(16)9-12/h10-13,15H,1-9,14H2. The van der Waals surface area contributed by atoms with Crippen LogP contribution in [-0.2, 0) is 0 Å². The molecule has 92 valence electrons. The Labute approximate surface area is 98.8 Å². The van der Waals surface area contributed by atoms with Gasteiger partial charge in [-0.3, -0.25) is 0 Å². The summed E-state index contributed by atoms with van der Waals surface area (Å²) >= 11 is 0. The maximum absolute atomic E-state index is 5.97. The molecule has 1 saturated carbocycles. The Kier molecular flexibility index (Phi) is 3.18. The Morgan fingerprint density at radius 1 is 0.938 bits per heavy atom. The van der Waals surface area contributed by atoms with E-state index in [1.165, 1.54) is 58.0 Å². The second-order valence-corrected chi connectivity index (χ2v) is 5.99. The highest BCUT2D eigenvalue weighted by atomic mass is 15.2. The molecule has 3 fully saturated rings. The van der Waals surface area contributed by atoms with Gasteiger partial charge in [-0.25, -0.2) is 0 Å². The molecule has 16 heavy (non-hydrogen) atoms. The predicted molar refractivity (Wildman–Crippen MR) is 66.4 cm³/mol. The van der Waals surface area contributed by atoms with E-state index in [0.29, 0.717) is 12.1 Å². The molecule has 0 aromatic carbocycles. The van der Waals surface area contributed by atoms with Crippen molar-refractivity contribution in [2.45, 2.75) is 69.1 Å². The van der Waals surface area contributed by atoms with Gasteiger partial charge in [-0.05, 0) is 58.0 Å². The van der Waals surface area contributed by atoms with Gasteiger partial charge in [0.05, 0.1) is 0 Å². The third kappa shape index (κ3) is 2.27. The average Bonchev–Trinajstić information content (AvgIpc) is 2.87. The first-order valence-electron chi connectivity index (χ1n) is 7.07. The van der Waals surface area contributed by atoms with Crippen LogP contribution in [0.15, 0.2) is 0 Å². The summed E-state index contributed by atoms with van der Waals surface area (Å²) in [5.74, 6) is 0. The maximum atomic E-state index is 5.97. The van der Waals surface area contributed by atoms with Crippen LogP contribution in [-0.4, -0.2) is 42.2 Å². The summed E-state index contributed by atoms with van der Waals surface area (Å²) in [5.41, 5.74) is 5.97. The number of rotatable bonds is 2. The van der Waals surface area contributed by atoms with Crippen LogP contribution in [0.25, 0.3) is 0 Å². The molecule has 4 unspecified atom stereocenters. The van der Waals surface area contributed by atoms with E-state index in [1.54, 1.807) is 0 Å². The lowest BCUT2D eigenvalue weighted by Gasteiger charge is -2.36. The highest BCUT2D eigenvalue weighted by Crippen LogP contribution is 2.28. The number of nitrogens with zero attached hydrogens (tertiary/aromatic N) is 1. The molecule has 3 nitrogen and oxygen atoms in total. The third-order valence-corrected chi connectivity index (χ3v) is 4.77. The van der Waals surface area contributed by atoms with Crippen LogP contribution in [0.3, 0.4) is 0 Å². The molecule has 3 N–H and O–H groups in total. The summed E-state index contributed by atoms with van der Waals surface area (Å²) in [6.45, 7) is 2.67. The van der Waals surface area contributed by atoms with E-state index in [4.69, 9.17) is 5.73 Å². The molecule has 0 radical (unpaired) electrons. The van der Waals surface area contributed by atoms with Crippen LogP contribution in [0.4, 0.5) is 0 Å². The first-order valence-corrected chi connectivity index (χ1v) is 7.07. The molecule has 2 saturated heterocycles. The number of nitrogens with two attached hydrogens (primary N) is 1. The fraction of sp³-hybridized carbons (Fsp3) is 1.00. The summed E-state index contributed by atoms with van der Waals surface area (Å²) < 4.78 is 0. The van der Waals surface area contributed by atoms with Crippen molar-refractivity contribution in [1.82, 2.24) is 10.2 Å². The lowest BCUT2D eigenvalue weighted by molar-refractivity contribution is 0.161. The summed E-state index contributed by atoms with van der Waals surface area (Å²) in [4.78, 5) is 2.69. The number of hydrogen-bond acceptors (Lipinski definition) is 3. The molecule has 0 amide bonds. The normalized spacial score (nSPS) is 44.8. The number of piperidine rings is 1. The number of fused-ring (bicyclic) bond motifs is 1. The highest BCUT2D eigenvalue weighted by molar-refractivity contribution is 4.92. The zero-order valence-corrected chi connectivity index (χ0v) is 10.2. The van der Waals surface area contributed by atoms with Crippen LogP contribution in [0.5, 0.6) is 0 Å². The molecule has 2 heterocycles. The highest BCUT2D eigenvalue weighted by Gasteiger charge is 2.33. The van der Waals surface area contributed by atoms with E-state index < -0.39 is 0 Å². The maximum Gasteiger partial charge on any atom is 0.0111 e. The van der Waals surface area contributed by atoms with Crippen molar-refractivity contribution in [1.29, 1.82) is 0 Å². The van der Waals surface area contributed by atoms with E-state index in [-0.39, 0.29) is 0 Å². The fourth-order valence-electron chi connectivity index (χ4n) is 3.88. The number of hydrogen-bond donors (Lipinski definition) is 2. The van der Waals surface area contributed by atoms with Gasteiger partial charge in [-0.2, -0.15) is 0 Å². The zero-order valence-electron chi connectivity index (χ0n) is 10.2. The van der Waals surface area contributed by atoms with Gasteiger partial charge in [0.1, 0.15) is 0 Å². The van der Waals surface area contributed by atoms with Crippen molar-refractivity contribution in [3.8, 4) is 0 Å². The molecule has 3 heteroatoms. The van der Waals surface area contributed by atoms with E-state index in [1.807, 2.05) is 0 Å². The third-order valence-electron chi connectivity index (χ3n) is 4.77. The van der Waals surface area contributed by atoms with Crippen molar-refractivity contribution in [2.75, 3.05) is 13.1 Å². The summed E-state index contributed by atoms with van der Waals surface area (Å²) in [7, 11) is 0. The van der Waals surface area contributed by atoms with Gasteiger partial charge in [-0.15, -0.1) is 0 Å². The minimum atomic E-state index is 0.462. The largest absolute Gasteiger partial charge is 0.328 e. The first kappa shape index (κ1) is 11.0. The minimum Gasteiger partial charge on any atom is -0.328 e. The van der Waals surface area contributed by atoms with Crippen LogP contribution < -0.4 is 11.1 Å². The molecule has 0 aromatic heterocycles. The second kappa shape index (κ2) is 4.63. The van der Waals surface area contributed by atoms with E-state index in [0.717, 1.165) is 12.1 Å². The van der Waals surface area contributed by atoms with Gasteiger partial charge in [-0.1, -0.05) is 0 Å². The molecule has 2 aliphatic heterocycles. The SMILES string of the molecule is NC1CCC(NC2CCN3CCCC3C2)C1. The summed E-state index contributed by atoms with van der Waals surface area (Å²) in [6.07, 6.45) is 9.30. The molecule has 4 atom stereocenters. The van der Waals surface area contributed by atoms with Crippen molar-refractivity contribution >= 4 is 0 Å². The predicted octanol–water partition coefficient (Wildman–Crippen LogP) is 1.08. The quantitative estimate of drug-likeness (QED) is 0.736. The van der Waals surface area contributed by atoms with E-state index in [2.05, 4.69) is 10.2 Å². The molecule has 3 rings (SSSR count). The van der Waals surface area contributed by atoms with Gasteiger partial charge in [0.2, 0.25) is 0 Å². The molecular weight excluding hydrogens is 198 g/mol. The van der Waals surface area contributed by atoms with Crippen LogP contribution in [0.1, 0.15) is 44.9 Å². The Balaban J connectivity index is 1.49. The smallest absolute Gasteiger partial charge is 0.0111 e. The second-order valence-electron chi connectivity index (χ2n) is 5.99.